The van der Waals surface area contributed by atoms with Gasteiger partial charge in [0.25, 0.3) is 0 Å². The summed E-state index contributed by atoms with van der Waals surface area (Å²) in [5.74, 6) is 0. The molecule has 6 rings (SSSR count). The van der Waals surface area contributed by atoms with Crippen LogP contribution in [0.2, 0.25) is 0 Å². The average Bonchev–Trinajstić information content (AvgIpc) is 3.43. The fraction of sp³-hybridized carbons (Fsp3) is 0.303. The van der Waals surface area contributed by atoms with Crippen molar-refractivity contribution in [3.05, 3.63) is 94.5 Å². The molecule has 1 aromatic heterocycles. The molecule has 38 heavy (non-hydrogen) atoms. The minimum atomic E-state index is -0.470. The van der Waals surface area contributed by atoms with Crippen molar-refractivity contribution in [2.45, 2.75) is 66.6 Å². The maximum Gasteiger partial charge on any atom is 0.496 e. The lowest BCUT2D eigenvalue weighted by Crippen LogP contribution is -2.41. The zero-order chi connectivity index (χ0) is 27.0. The molecule has 5 heteroatoms. The third-order valence-electron chi connectivity index (χ3n) is 8.44. The second-order valence-electron chi connectivity index (χ2n) is 11.8. The van der Waals surface area contributed by atoms with Crippen LogP contribution in [0.3, 0.4) is 0 Å². The summed E-state index contributed by atoms with van der Waals surface area (Å²) in [4.78, 5) is 8.73. The Labute approximate surface area is 225 Å². The molecule has 4 nitrogen and oxygen atoms in total. The summed E-state index contributed by atoms with van der Waals surface area (Å²) in [6.07, 6.45) is 2.17. The van der Waals surface area contributed by atoms with E-state index in [9.17, 15) is 0 Å². The molecule has 3 heterocycles. The van der Waals surface area contributed by atoms with Crippen LogP contribution in [-0.4, -0.2) is 29.0 Å². The molecule has 0 saturated carbocycles. The van der Waals surface area contributed by atoms with Gasteiger partial charge in [-0.3, -0.25) is 4.99 Å². The number of H-pyrrole nitrogens is 1. The van der Waals surface area contributed by atoms with Crippen molar-refractivity contribution in [1.29, 1.82) is 0 Å². The van der Waals surface area contributed by atoms with E-state index >= 15 is 0 Å². The number of aromatic nitrogens is 1. The second kappa shape index (κ2) is 8.55. The standard InChI is InChI=1S/C33H35BN2O2/c1-19-17-21(3)35-30(19)28(31-20(2)18-22(4)36-31)27-23-13-9-11-15-25(23)29(26-16-12-10-14-24(26)27)34-37-32(5,6)33(7,8)38-34/h9-18,35H,1-8H3/b31-28+. The first-order valence-electron chi connectivity index (χ1n) is 13.4. The summed E-state index contributed by atoms with van der Waals surface area (Å²) in [6.45, 7) is 17.0. The average molecular weight is 502 g/mol. The predicted molar refractivity (Wildman–Crippen MR) is 160 cm³/mol. The first-order valence-corrected chi connectivity index (χ1v) is 13.4. The zero-order valence-corrected chi connectivity index (χ0v) is 23.6. The Morgan fingerprint density at radius 3 is 1.76 bits per heavy atom. The Hall–Kier alpha value is -3.41. The number of rotatable bonds is 3. The van der Waals surface area contributed by atoms with Gasteiger partial charge in [-0.05, 0) is 106 Å². The van der Waals surface area contributed by atoms with Gasteiger partial charge in [0.05, 0.1) is 22.6 Å². The number of hydrogen-bond donors (Lipinski definition) is 1. The number of nitrogens with zero attached hydrogens (tertiary/aromatic N) is 1. The van der Waals surface area contributed by atoms with Crippen LogP contribution < -0.4 is 5.46 Å². The molecule has 0 spiro atoms. The maximum atomic E-state index is 6.63. The molecule has 0 radical (unpaired) electrons. The molecule has 1 N–H and O–H groups in total. The van der Waals surface area contributed by atoms with E-state index in [1.165, 1.54) is 16.7 Å². The molecule has 0 unspecified atom stereocenters. The van der Waals surface area contributed by atoms with Gasteiger partial charge in [0.15, 0.2) is 0 Å². The number of aryl methyl sites for hydroxylation is 2. The summed E-state index contributed by atoms with van der Waals surface area (Å²) in [6, 6.07) is 19.5. The number of hydrogen-bond acceptors (Lipinski definition) is 3. The van der Waals surface area contributed by atoms with Gasteiger partial charge in [-0.15, -0.1) is 0 Å². The first-order chi connectivity index (χ1) is 18.0. The lowest BCUT2D eigenvalue weighted by molar-refractivity contribution is 0.00578. The molecule has 2 aliphatic rings. The highest BCUT2D eigenvalue weighted by atomic mass is 16.7. The van der Waals surface area contributed by atoms with Crippen LogP contribution in [0.5, 0.6) is 0 Å². The van der Waals surface area contributed by atoms with Crippen molar-refractivity contribution in [3.63, 3.8) is 0 Å². The topological polar surface area (TPSA) is 46.6 Å². The Morgan fingerprint density at radius 1 is 0.789 bits per heavy atom. The lowest BCUT2D eigenvalue weighted by atomic mass is 9.71. The van der Waals surface area contributed by atoms with E-state index in [1.54, 1.807) is 0 Å². The van der Waals surface area contributed by atoms with Gasteiger partial charge in [-0.25, -0.2) is 0 Å². The molecule has 1 saturated heterocycles. The van der Waals surface area contributed by atoms with Crippen LogP contribution in [0.4, 0.5) is 0 Å². The molecule has 3 aromatic carbocycles. The molecular formula is C33H35BN2O2. The number of aliphatic imine (C=N–C) groups is 1. The van der Waals surface area contributed by atoms with Gasteiger partial charge in [0, 0.05) is 22.5 Å². The number of nitrogens with one attached hydrogen (secondary N) is 1. The van der Waals surface area contributed by atoms with Crippen LogP contribution in [0, 0.1) is 13.8 Å². The zero-order valence-electron chi connectivity index (χ0n) is 23.6. The van der Waals surface area contributed by atoms with Crippen molar-refractivity contribution in [2.75, 3.05) is 0 Å². The molecule has 0 bridgehead atoms. The quantitative estimate of drug-likeness (QED) is 0.234. The highest BCUT2D eigenvalue weighted by molar-refractivity contribution is 6.68. The van der Waals surface area contributed by atoms with Gasteiger partial charge in [-0.1, -0.05) is 48.5 Å². The van der Waals surface area contributed by atoms with Crippen LogP contribution in [0.1, 0.15) is 64.1 Å². The number of fused-ring (bicyclic) bond motifs is 2. The van der Waals surface area contributed by atoms with E-state index in [4.69, 9.17) is 14.3 Å². The largest absolute Gasteiger partial charge is 0.496 e. The van der Waals surface area contributed by atoms with Crippen LogP contribution >= 0.6 is 0 Å². The third-order valence-corrected chi connectivity index (χ3v) is 8.44. The summed E-state index contributed by atoms with van der Waals surface area (Å²) >= 11 is 0. The molecule has 4 aromatic rings. The lowest BCUT2D eigenvalue weighted by Gasteiger charge is -2.32. The van der Waals surface area contributed by atoms with E-state index in [2.05, 4.69) is 121 Å². The molecule has 0 aliphatic carbocycles. The molecule has 192 valence electrons. The number of benzene rings is 3. The smallest absolute Gasteiger partial charge is 0.399 e. The van der Waals surface area contributed by atoms with Crippen LogP contribution in [-0.2, 0) is 9.31 Å². The fourth-order valence-corrected chi connectivity index (χ4v) is 5.93. The third kappa shape index (κ3) is 3.71. The highest BCUT2D eigenvalue weighted by Gasteiger charge is 2.52. The van der Waals surface area contributed by atoms with Gasteiger partial charge in [0.1, 0.15) is 0 Å². The van der Waals surface area contributed by atoms with E-state index in [-0.39, 0.29) is 0 Å². The van der Waals surface area contributed by atoms with Crippen molar-refractivity contribution in [1.82, 2.24) is 4.98 Å². The van der Waals surface area contributed by atoms with Gasteiger partial charge >= 0.3 is 7.12 Å². The van der Waals surface area contributed by atoms with Gasteiger partial charge < -0.3 is 14.3 Å². The van der Waals surface area contributed by atoms with Crippen molar-refractivity contribution < 1.29 is 9.31 Å². The van der Waals surface area contributed by atoms with Gasteiger partial charge in [0.2, 0.25) is 0 Å². The predicted octanol–water partition coefficient (Wildman–Crippen LogP) is 7.42. The molecule has 0 atom stereocenters. The summed E-state index contributed by atoms with van der Waals surface area (Å²) < 4.78 is 13.3. The van der Waals surface area contributed by atoms with Crippen molar-refractivity contribution in [2.24, 2.45) is 4.99 Å². The molecule has 2 aliphatic heterocycles. The fourth-order valence-electron chi connectivity index (χ4n) is 5.93. The Balaban J connectivity index is 1.76. The Morgan fingerprint density at radius 2 is 1.32 bits per heavy atom. The minimum Gasteiger partial charge on any atom is -0.399 e. The monoisotopic (exact) mass is 502 g/mol. The Kier molecular flexibility index (Phi) is 5.61. The minimum absolute atomic E-state index is 0.428. The van der Waals surface area contributed by atoms with E-state index in [0.717, 1.165) is 55.4 Å². The summed E-state index contributed by atoms with van der Waals surface area (Å²) in [5, 5.41) is 4.60. The van der Waals surface area contributed by atoms with Crippen LogP contribution in [0.15, 0.2) is 76.9 Å². The second-order valence-corrected chi connectivity index (χ2v) is 11.8. The molecule has 1 fully saturated rings. The summed E-state index contributed by atoms with van der Waals surface area (Å²) in [7, 11) is -0.470. The Bertz CT molecular complexity index is 1640. The summed E-state index contributed by atoms with van der Waals surface area (Å²) in [5.41, 5.74) is 9.22. The van der Waals surface area contributed by atoms with E-state index < -0.39 is 18.3 Å². The van der Waals surface area contributed by atoms with E-state index in [1.807, 2.05) is 0 Å². The normalized spacial score (nSPS) is 19.8. The number of allylic oxidation sites excluding steroid dienone is 2. The molecule has 0 amide bonds. The van der Waals surface area contributed by atoms with Crippen LogP contribution in [0.25, 0.3) is 27.1 Å². The highest BCUT2D eigenvalue weighted by Crippen LogP contribution is 2.43. The van der Waals surface area contributed by atoms with Gasteiger partial charge in [-0.2, -0.15) is 0 Å². The van der Waals surface area contributed by atoms with E-state index in [0.29, 0.717) is 0 Å². The molecular weight excluding hydrogens is 467 g/mol. The first kappa shape index (κ1) is 24.9. The SMILES string of the molecule is CC1=CC(C)=N/C1=C(/c1[nH]c(C)cc1C)c1c2ccccc2c(B2OC(C)(C)C(C)(C)O2)c2ccccc12. The van der Waals surface area contributed by atoms with Crippen molar-refractivity contribution >= 4 is 45.4 Å². The number of aromatic amines is 1. The van der Waals surface area contributed by atoms with Crippen molar-refractivity contribution in [3.8, 4) is 0 Å². The maximum absolute atomic E-state index is 6.63.